The number of methoxy groups -OCH3 is 1. The molecule has 0 atom stereocenters. The highest BCUT2D eigenvalue weighted by Crippen LogP contribution is 2.12. The summed E-state index contributed by atoms with van der Waals surface area (Å²) >= 11 is 0. The fourth-order valence-corrected chi connectivity index (χ4v) is 1.43. The molecule has 98 valence electrons. The van der Waals surface area contributed by atoms with Crippen LogP contribution >= 0.6 is 0 Å². The van der Waals surface area contributed by atoms with Gasteiger partial charge in [-0.3, -0.25) is 0 Å². The molecule has 0 radical (unpaired) electrons. The largest absolute Gasteiger partial charge is 0.486 e. The second-order valence-electron chi connectivity index (χ2n) is 3.68. The first kappa shape index (κ1) is 12.8. The van der Waals surface area contributed by atoms with Crippen LogP contribution in [0.25, 0.3) is 0 Å². The van der Waals surface area contributed by atoms with E-state index in [0.29, 0.717) is 11.6 Å². The summed E-state index contributed by atoms with van der Waals surface area (Å²) in [7, 11) is 1.27. The molecule has 0 unspecified atom stereocenters. The summed E-state index contributed by atoms with van der Waals surface area (Å²) in [5.41, 5.74) is 5.80. The van der Waals surface area contributed by atoms with E-state index in [-0.39, 0.29) is 18.0 Å². The lowest BCUT2D eigenvalue weighted by atomic mass is 10.3. The minimum Gasteiger partial charge on any atom is -0.486 e. The molecule has 0 aliphatic heterocycles. The first-order valence-electron chi connectivity index (χ1n) is 5.58. The van der Waals surface area contributed by atoms with Gasteiger partial charge >= 0.3 is 5.97 Å². The Balaban J connectivity index is 2.06. The lowest BCUT2D eigenvalue weighted by Crippen LogP contribution is -2.11. The number of rotatable bonds is 4. The number of hydrogen-bond acceptors (Lipinski definition) is 6. The third-order valence-electron chi connectivity index (χ3n) is 2.38. The Hall–Kier alpha value is -2.63. The average molecular weight is 259 g/mol. The van der Waals surface area contributed by atoms with Crippen LogP contribution in [0.5, 0.6) is 5.75 Å². The van der Waals surface area contributed by atoms with Crippen LogP contribution in [0.4, 0.5) is 5.82 Å². The van der Waals surface area contributed by atoms with Gasteiger partial charge in [-0.2, -0.15) is 0 Å². The summed E-state index contributed by atoms with van der Waals surface area (Å²) in [5.74, 6) is 0.622. The Labute approximate surface area is 110 Å². The molecule has 0 saturated heterocycles. The van der Waals surface area contributed by atoms with E-state index in [1.807, 2.05) is 30.3 Å². The van der Waals surface area contributed by atoms with Gasteiger partial charge in [-0.1, -0.05) is 18.2 Å². The molecule has 19 heavy (non-hydrogen) atoms. The van der Waals surface area contributed by atoms with Crippen LogP contribution in [0.15, 0.2) is 36.5 Å². The van der Waals surface area contributed by atoms with Gasteiger partial charge in [-0.15, -0.1) is 0 Å². The van der Waals surface area contributed by atoms with Crippen molar-refractivity contribution in [2.24, 2.45) is 0 Å². The predicted octanol–water partition coefficient (Wildman–Crippen LogP) is 1.42. The monoisotopic (exact) mass is 259 g/mol. The van der Waals surface area contributed by atoms with E-state index in [0.717, 1.165) is 0 Å². The van der Waals surface area contributed by atoms with Gasteiger partial charge < -0.3 is 15.2 Å². The molecule has 2 rings (SSSR count). The maximum absolute atomic E-state index is 11.3. The smallest absolute Gasteiger partial charge is 0.343 e. The standard InChI is InChI=1S/C13H13N3O3/c1-18-13(17)10-7-15-11(16-12(10)14)8-19-9-5-3-2-4-6-9/h2-7H,8H2,1H3,(H2,14,15,16). The minimum absolute atomic E-state index is 0.0773. The highest BCUT2D eigenvalue weighted by Gasteiger charge is 2.12. The van der Waals surface area contributed by atoms with E-state index < -0.39 is 5.97 Å². The SMILES string of the molecule is COC(=O)c1cnc(COc2ccccc2)nc1N. The number of para-hydroxylation sites is 1. The van der Waals surface area contributed by atoms with Gasteiger partial charge in [0.1, 0.15) is 23.7 Å². The third-order valence-corrected chi connectivity index (χ3v) is 2.38. The van der Waals surface area contributed by atoms with Gasteiger partial charge in [0.05, 0.1) is 7.11 Å². The Morgan fingerprint density at radius 3 is 2.68 bits per heavy atom. The topological polar surface area (TPSA) is 87.3 Å². The summed E-state index contributed by atoms with van der Waals surface area (Å²) in [6.45, 7) is 0.176. The van der Waals surface area contributed by atoms with Crippen molar-refractivity contribution in [3.8, 4) is 5.75 Å². The van der Waals surface area contributed by atoms with Crippen molar-refractivity contribution in [3.63, 3.8) is 0 Å². The van der Waals surface area contributed by atoms with Crippen molar-refractivity contribution in [2.45, 2.75) is 6.61 Å². The van der Waals surface area contributed by atoms with Crippen molar-refractivity contribution in [3.05, 3.63) is 47.9 Å². The molecular weight excluding hydrogens is 246 g/mol. The maximum atomic E-state index is 11.3. The number of carbonyl (C=O) groups excluding carboxylic acids is 1. The van der Waals surface area contributed by atoms with Crippen LogP contribution in [0, 0.1) is 0 Å². The number of benzene rings is 1. The molecule has 0 saturated carbocycles. The zero-order valence-electron chi connectivity index (χ0n) is 10.4. The lowest BCUT2D eigenvalue weighted by molar-refractivity contribution is 0.0601. The zero-order chi connectivity index (χ0) is 13.7. The van der Waals surface area contributed by atoms with E-state index in [1.54, 1.807) is 0 Å². The number of ether oxygens (including phenoxy) is 2. The quantitative estimate of drug-likeness (QED) is 0.835. The lowest BCUT2D eigenvalue weighted by Gasteiger charge is -2.07. The minimum atomic E-state index is -0.562. The highest BCUT2D eigenvalue weighted by atomic mass is 16.5. The average Bonchev–Trinajstić information content (AvgIpc) is 2.45. The fraction of sp³-hybridized carbons (Fsp3) is 0.154. The van der Waals surface area contributed by atoms with Gasteiger partial charge in [0.2, 0.25) is 0 Å². The van der Waals surface area contributed by atoms with Crippen molar-refractivity contribution in [2.75, 3.05) is 12.8 Å². The molecule has 1 aromatic heterocycles. The van der Waals surface area contributed by atoms with E-state index >= 15 is 0 Å². The summed E-state index contributed by atoms with van der Waals surface area (Å²) in [5, 5.41) is 0. The third kappa shape index (κ3) is 3.19. The normalized spacial score (nSPS) is 9.95. The number of carbonyl (C=O) groups is 1. The number of nitrogens with two attached hydrogens (primary N) is 1. The molecule has 0 spiro atoms. The zero-order valence-corrected chi connectivity index (χ0v) is 10.4. The molecule has 2 aromatic rings. The van der Waals surface area contributed by atoms with Crippen molar-refractivity contribution in [1.29, 1.82) is 0 Å². The van der Waals surface area contributed by atoms with Crippen molar-refractivity contribution < 1.29 is 14.3 Å². The summed E-state index contributed by atoms with van der Waals surface area (Å²) < 4.78 is 10.0. The molecule has 0 amide bonds. The maximum Gasteiger partial charge on any atom is 0.343 e. The molecule has 1 aromatic carbocycles. The number of hydrogen-bond donors (Lipinski definition) is 1. The Bertz CT molecular complexity index is 573. The van der Waals surface area contributed by atoms with Gasteiger partial charge in [-0.05, 0) is 12.1 Å². The number of anilines is 1. The first-order valence-corrected chi connectivity index (χ1v) is 5.58. The van der Waals surface area contributed by atoms with Gasteiger partial charge in [0.25, 0.3) is 0 Å². The van der Waals surface area contributed by atoms with Crippen LogP contribution < -0.4 is 10.5 Å². The van der Waals surface area contributed by atoms with Gasteiger partial charge in [0.15, 0.2) is 5.82 Å². The Morgan fingerprint density at radius 1 is 1.32 bits per heavy atom. The van der Waals surface area contributed by atoms with Gasteiger partial charge in [0, 0.05) is 6.20 Å². The van der Waals surface area contributed by atoms with E-state index in [2.05, 4.69) is 14.7 Å². The van der Waals surface area contributed by atoms with Crippen molar-refractivity contribution in [1.82, 2.24) is 9.97 Å². The molecule has 0 fully saturated rings. The highest BCUT2D eigenvalue weighted by molar-refractivity contribution is 5.93. The number of nitrogens with zero attached hydrogens (tertiary/aromatic N) is 2. The Kier molecular flexibility index (Phi) is 3.92. The second-order valence-corrected chi connectivity index (χ2v) is 3.68. The van der Waals surface area contributed by atoms with Crippen LogP contribution in [0.1, 0.15) is 16.2 Å². The van der Waals surface area contributed by atoms with Crippen LogP contribution in [-0.2, 0) is 11.3 Å². The van der Waals surface area contributed by atoms with Crippen LogP contribution in [0.2, 0.25) is 0 Å². The number of esters is 1. The fourth-order valence-electron chi connectivity index (χ4n) is 1.43. The predicted molar refractivity (Wildman–Crippen MR) is 68.6 cm³/mol. The number of aromatic nitrogens is 2. The molecule has 2 N–H and O–H groups in total. The number of nitrogen functional groups attached to an aromatic ring is 1. The molecule has 6 heteroatoms. The summed E-state index contributed by atoms with van der Waals surface area (Å²) in [4.78, 5) is 19.3. The van der Waals surface area contributed by atoms with Crippen LogP contribution in [-0.4, -0.2) is 23.0 Å². The second kappa shape index (κ2) is 5.81. The van der Waals surface area contributed by atoms with E-state index in [1.165, 1.54) is 13.3 Å². The van der Waals surface area contributed by atoms with E-state index in [4.69, 9.17) is 10.5 Å². The van der Waals surface area contributed by atoms with Crippen molar-refractivity contribution >= 4 is 11.8 Å². The molecule has 6 nitrogen and oxygen atoms in total. The molecular formula is C13H13N3O3. The first-order chi connectivity index (χ1) is 9.20. The summed E-state index contributed by atoms with van der Waals surface area (Å²) in [6.07, 6.45) is 1.33. The van der Waals surface area contributed by atoms with Crippen LogP contribution in [0.3, 0.4) is 0 Å². The Morgan fingerprint density at radius 2 is 2.05 bits per heavy atom. The molecule has 0 aliphatic rings. The van der Waals surface area contributed by atoms with E-state index in [9.17, 15) is 4.79 Å². The molecule has 1 heterocycles. The summed E-state index contributed by atoms with van der Waals surface area (Å²) in [6, 6.07) is 9.28. The molecule has 0 aliphatic carbocycles. The molecule has 0 bridgehead atoms. The van der Waals surface area contributed by atoms with Gasteiger partial charge in [-0.25, -0.2) is 14.8 Å².